The Bertz CT molecular complexity index is 915. The summed E-state index contributed by atoms with van der Waals surface area (Å²) >= 11 is 0. The molecule has 5 nitrogen and oxygen atoms in total. The van der Waals surface area contributed by atoms with E-state index >= 15 is 0 Å². The number of hydrogen-bond donors (Lipinski definition) is 1. The SMILES string of the molecule is C=CC(=O)NCc1cnc(-c2ccc(F)cc2)cc1-n1ccc(C)n1. The molecule has 0 saturated carbocycles. The highest BCUT2D eigenvalue weighted by atomic mass is 19.1. The summed E-state index contributed by atoms with van der Waals surface area (Å²) in [6.45, 7) is 5.64. The zero-order chi connectivity index (χ0) is 17.8. The average Bonchev–Trinajstić information content (AvgIpc) is 3.06. The molecule has 1 amide bonds. The van der Waals surface area contributed by atoms with Gasteiger partial charge in [0.2, 0.25) is 5.91 Å². The molecule has 0 aliphatic rings. The van der Waals surface area contributed by atoms with E-state index < -0.39 is 0 Å². The van der Waals surface area contributed by atoms with Gasteiger partial charge in [0, 0.05) is 30.1 Å². The average molecular weight is 336 g/mol. The minimum Gasteiger partial charge on any atom is -0.348 e. The van der Waals surface area contributed by atoms with Crippen LogP contribution >= 0.6 is 0 Å². The predicted octanol–water partition coefficient (Wildman–Crippen LogP) is 3.18. The Morgan fingerprint density at radius 1 is 1.32 bits per heavy atom. The zero-order valence-electron chi connectivity index (χ0n) is 13.7. The molecule has 0 bridgehead atoms. The lowest BCUT2D eigenvalue weighted by atomic mass is 10.1. The Balaban J connectivity index is 2.02. The second kappa shape index (κ2) is 7.09. The van der Waals surface area contributed by atoms with Crippen LogP contribution in [0, 0.1) is 12.7 Å². The molecule has 25 heavy (non-hydrogen) atoms. The van der Waals surface area contributed by atoms with Gasteiger partial charge >= 0.3 is 0 Å². The molecule has 2 aromatic heterocycles. The van der Waals surface area contributed by atoms with E-state index in [1.165, 1.54) is 18.2 Å². The minimum atomic E-state index is -0.296. The third-order valence-corrected chi connectivity index (χ3v) is 3.71. The van der Waals surface area contributed by atoms with E-state index in [0.717, 1.165) is 22.5 Å². The number of amides is 1. The number of rotatable bonds is 5. The first-order chi connectivity index (χ1) is 12.1. The second-order valence-electron chi connectivity index (χ2n) is 5.53. The van der Waals surface area contributed by atoms with Crippen LogP contribution in [-0.2, 0) is 11.3 Å². The van der Waals surface area contributed by atoms with E-state index in [4.69, 9.17) is 0 Å². The van der Waals surface area contributed by atoms with Gasteiger partial charge in [0.1, 0.15) is 5.82 Å². The summed E-state index contributed by atoms with van der Waals surface area (Å²) in [6, 6.07) is 9.91. The molecule has 0 fully saturated rings. The lowest BCUT2D eigenvalue weighted by molar-refractivity contribution is -0.116. The fourth-order valence-electron chi connectivity index (χ4n) is 2.40. The van der Waals surface area contributed by atoms with Gasteiger partial charge in [-0.15, -0.1) is 0 Å². The van der Waals surface area contributed by atoms with Gasteiger partial charge in [-0.05, 0) is 49.4 Å². The lowest BCUT2D eigenvalue weighted by Crippen LogP contribution is -2.21. The number of carbonyl (C=O) groups is 1. The van der Waals surface area contributed by atoms with Gasteiger partial charge in [0.15, 0.2) is 0 Å². The van der Waals surface area contributed by atoms with Crippen molar-refractivity contribution >= 4 is 5.91 Å². The molecule has 3 rings (SSSR count). The number of aromatic nitrogens is 3. The summed E-state index contributed by atoms with van der Waals surface area (Å²) in [6.07, 6.45) is 4.75. The number of nitrogens with one attached hydrogen (secondary N) is 1. The van der Waals surface area contributed by atoms with Crippen LogP contribution in [0.2, 0.25) is 0 Å². The third kappa shape index (κ3) is 3.80. The van der Waals surface area contributed by atoms with Crippen molar-refractivity contribution in [1.82, 2.24) is 20.1 Å². The van der Waals surface area contributed by atoms with Crippen molar-refractivity contribution in [2.45, 2.75) is 13.5 Å². The summed E-state index contributed by atoms with van der Waals surface area (Å²) in [7, 11) is 0. The Morgan fingerprint density at radius 3 is 2.72 bits per heavy atom. The van der Waals surface area contributed by atoms with E-state index in [-0.39, 0.29) is 11.7 Å². The number of nitrogens with zero attached hydrogens (tertiary/aromatic N) is 3. The van der Waals surface area contributed by atoms with Crippen molar-refractivity contribution in [1.29, 1.82) is 0 Å². The van der Waals surface area contributed by atoms with Crippen molar-refractivity contribution in [3.05, 3.63) is 78.5 Å². The highest BCUT2D eigenvalue weighted by molar-refractivity contribution is 5.86. The summed E-state index contributed by atoms with van der Waals surface area (Å²) in [5.41, 5.74) is 3.98. The van der Waals surface area contributed by atoms with Crippen LogP contribution in [0.25, 0.3) is 16.9 Å². The zero-order valence-corrected chi connectivity index (χ0v) is 13.7. The monoisotopic (exact) mass is 336 g/mol. The van der Waals surface area contributed by atoms with Gasteiger partial charge in [0.25, 0.3) is 0 Å². The van der Waals surface area contributed by atoms with Crippen LogP contribution in [0.4, 0.5) is 4.39 Å². The molecule has 0 saturated heterocycles. The molecule has 0 atom stereocenters. The molecule has 0 aliphatic carbocycles. The Hall–Kier alpha value is -3.28. The lowest BCUT2D eigenvalue weighted by Gasteiger charge is -2.12. The number of halogens is 1. The van der Waals surface area contributed by atoms with Gasteiger partial charge in [-0.3, -0.25) is 9.78 Å². The maximum Gasteiger partial charge on any atom is 0.243 e. The normalized spacial score (nSPS) is 10.5. The van der Waals surface area contributed by atoms with Crippen LogP contribution in [-0.4, -0.2) is 20.7 Å². The molecule has 0 radical (unpaired) electrons. The Kier molecular flexibility index (Phi) is 4.70. The van der Waals surface area contributed by atoms with Crippen LogP contribution in [0.1, 0.15) is 11.3 Å². The number of aryl methyl sites for hydroxylation is 1. The highest BCUT2D eigenvalue weighted by Gasteiger charge is 2.11. The van der Waals surface area contributed by atoms with Crippen LogP contribution in [0.5, 0.6) is 0 Å². The summed E-state index contributed by atoms with van der Waals surface area (Å²) < 4.78 is 14.9. The second-order valence-corrected chi connectivity index (χ2v) is 5.53. The highest BCUT2D eigenvalue weighted by Crippen LogP contribution is 2.23. The molecule has 1 N–H and O–H groups in total. The molecule has 126 valence electrons. The van der Waals surface area contributed by atoms with Crippen molar-refractivity contribution in [2.75, 3.05) is 0 Å². The first-order valence-electron chi connectivity index (χ1n) is 7.74. The molecule has 1 aromatic carbocycles. The molecule has 3 aromatic rings. The van der Waals surface area contributed by atoms with Crippen molar-refractivity contribution in [3.8, 4) is 16.9 Å². The Labute approximate surface area is 144 Å². The molecular weight excluding hydrogens is 319 g/mol. The minimum absolute atomic E-state index is 0.259. The van der Waals surface area contributed by atoms with Gasteiger partial charge in [0.05, 0.1) is 17.1 Å². The molecule has 0 spiro atoms. The maximum absolute atomic E-state index is 13.1. The quantitative estimate of drug-likeness (QED) is 0.728. The number of pyridine rings is 1. The fraction of sp³-hybridized carbons (Fsp3) is 0.105. The predicted molar refractivity (Wildman–Crippen MR) is 93.5 cm³/mol. The first-order valence-corrected chi connectivity index (χ1v) is 7.74. The maximum atomic E-state index is 13.1. The van der Waals surface area contributed by atoms with E-state index in [2.05, 4.69) is 22.0 Å². The van der Waals surface area contributed by atoms with E-state index in [1.807, 2.05) is 25.3 Å². The smallest absolute Gasteiger partial charge is 0.243 e. The van der Waals surface area contributed by atoms with Crippen molar-refractivity contribution in [3.63, 3.8) is 0 Å². The van der Waals surface area contributed by atoms with Crippen LogP contribution in [0.3, 0.4) is 0 Å². The fourth-order valence-corrected chi connectivity index (χ4v) is 2.40. The summed E-state index contributed by atoms with van der Waals surface area (Å²) in [4.78, 5) is 15.9. The molecule has 0 aliphatic heterocycles. The largest absolute Gasteiger partial charge is 0.348 e. The van der Waals surface area contributed by atoms with E-state index in [0.29, 0.717) is 12.2 Å². The van der Waals surface area contributed by atoms with Gasteiger partial charge in [-0.1, -0.05) is 6.58 Å². The van der Waals surface area contributed by atoms with E-state index in [1.54, 1.807) is 23.0 Å². The summed E-state index contributed by atoms with van der Waals surface area (Å²) in [5, 5.41) is 7.18. The number of hydrogen-bond acceptors (Lipinski definition) is 3. The number of benzene rings is 1. The molecular formula is C19H17FN4O. The van der Waals surface area contributed by atoms with E-state index in [9.17, 15) is 9.18 Å². The third-order valence-electron chi connectivity index (χ3n) is 3.71. The summed E-state index contributed by atoms with van der Waals surface area (Å²) in [5.74, 6) is -0.555. The van der Waals surface area contributed by atoms with Crippen LogP contribution < -0.4 is 5.32 Å². The van der Waals surface area contributed by atoms with Gasteiger partial charge in [-0.2, -0.15) is 5.10 Å². The van der Waals surface area contributed by atoms with Gasteiger partial charge < -0.3 is 5.32 Å². The molecule has 0 unspecified atom stereocenters. The van der Waals surface area contributed by atoms with Crippen molar-refractivity contribution < 1.29 is 9.18 Å². The topological polar surface area (TPSA) is 59.8 Å². The van der Waals surface area contributed by atoms with Crippen molar-refractivity contribution in [2.24, 2.45) is 0 Å². The standard InChI is InChI=1S/C19H17FN4O/c1-3-19(25)22-12-15-11-21-17(14-4-6-16(20)7-5-14)10-18(15)24-9-8-13(2)23-24/h3-11H,1,12H2,2H3,(H,22,25). The number of carbonyl (C=O) groups excluding carboxylic acids is 1. The Morgan fingerprint density at radius 2 is 2.08 bits per heavy atom. The first kappa shape index (κ1) is 16.6. The van der Waals surface area contributed by atoms with Gasteiger partial charge in [-0.25, -0.2) is 9.07 Å². The van der Waals surface area contributed by atoms with Crippen LogP contribution in [0.15, 0.2) is 61.4 Å². The molecule has 2 heterocycles. The molecule has 6 heteroatoms.